The van der Waals surface area contributed by atoms with Gasteiger partial charge in [-0.15, -0.1) is 0 Å². The summed E-state index contributed by atoms with van der Waals surface area (Å²) < 4.78 is 147. The van der Waals surface area contributed by atoms with E-state index >= 15 is 0 Å². The standard InChI is InChI=1S/2C37H36N2O7S2.Ca/c2*1-3-38(25-27-11-7-5-8-12-27)31-19-15-29(16-20-31)37(33-23-34(40)36(48(44,45)46)24-35(33)47(41,42)43)30-17-21-32(22-18-30)39(4-2)26-28-13-9-6-10-14-28;/h2*5-24H,3-4,25-26H2,1-2H3,(H2-,40,41,42,43,44,45,46);. The van der Waals surface area contributed by atoms with Gasteiger partial charge in [0.2, 0.25) is 0 Å². The van der Waals surface area contributed by atoms with E-state index < -0.39 is 71.6 Å². The summed E-state index contributed by atoms with van der Waals surface area (Å²) in [5.41, 5.74) is 10.3. The number of anilines is 2. The van der Waals surface area contributed by atoms with Crippen LogP contribution in [-0.2, 0) is 66.7 Å². The second kappa shape index (κ2) is 32.8. The molecule has 0 spiro atoms. The van der Waals surface area contributed by atoms with Gasteiger partial charge < -0.3 is 29.1 Å². The molecule has 8 aromatic rings. The van der Waals surface area contributed by atoms with Crippen LogP contribution in [0.2, 0.25) is 0 Å². The molecule has 498 valence electrons. The molecule has 0 atom stereocenters. The molecule has 0 unspecified atom stereocenters. The van der Waals surface area contributed by atoms with Gasteiger partial charge in [-0.2, -0.15) is 16.8 Å². The zero-order valence-electron chi connectivity index (χ0n) is 53.8. The summed E-state index contributed by atoms with van der Waals surface area (Å²) in [5, 5.41) is 21.4. The summed E-state index contributed by atoms with van der Waals surface area (Å²) in [5.74, 6) is -1.80. The van der Waals surface area contributed by atoms with Gasteiger partial charge in [0.1, 0.15) is 54.6 Å². The minimum atomic E-state index is -5.29. The molecule has 8 aromatic carbocycles. The predicted octanol–water partition coefficient (Wildman–Crippen LogP) is 12.0. The molecule has 0 bridgehead atoms. The van der Waals surface area contributed by atoms with Gasteiger partial charge in [-0.3, -0.25) is 9.11 Å². The summed E-state index contributed by atoms with van der Waals surface area (Å²) in [6.45, 7) is 13.7. The molecule has 0 amide bonds. The third kappa shape index (κ3) is 19.1. The Labute approximate surface area is 597 Å². The second-order valence-electron chi connectivity index (χ2n) is 22.4. The molecule has 0 fully saturated rings. The van der Waals surface area contributed by atoms with E-state index in [1.807, 2.05) is 198 Å². The van der Waals surface area contributed by atoms with Crippen molar-refractivity contribution in [3.8, 4) is 11.5 Å². The fourth-order valence-corrected chi connectivity index (χ4v) is 14.1. The molecule has 18 nitrogen and oxygen atoms in total. The van der Waals surface area contributed by atoms with Crippen LogP contribution in [0.5, 0.6) is 11.5 Å². The van der Waals surface area contributed by atoms with Crippen molar-refractivity contribution in [3.63, 3.8) is 0 Å². The summed E-state index contributed by atoms with van der Waals surface area (Å²) in [4.78, 5) is 0.387. The molecular formula is C74H72CaN4O14S4. The Hall–Kier alpha value is -8.36. The van der Waals surface area contributed by atoms with Crippen LogP contribution >= 0.6 is 0 Å². The van der Waals surface area contributed by atoms with Crippen molar-refractivity contribution >= 4 is 112 Å². The van der Waals surface area contributed by atoms with Gasteiger partial charge in [0, 0.05) is 122 Å². The molecule has 23 heteroatoms. The predicted molar refractivity (Wildman–Crippen MR) is 377 cm³/mol. The molecule has 2 aliphatic carbocycles. The van der Waals surface area contributed by atoms with E-state index in [9.17, 15) is 62.1 Å². The average molecular weight is 1410 g/mol. The van der Waals surface area contributed by atoms with Crippen LogP contribution in [0.1, 0.15) is 72.2 Å². The van der Waals surface area contributed by atoms with Crippen LogP contribution in [0.4, 0.5) is 11.4 Å². The number of nitrogens with zero attached hydrogens (tertiary/aromatic N) is 4. The Balaban J connectivity index is 0.000000245. The topological polar surface area (TPSA) is 276 Å². The quantitative estimate of drug-likeness (QED) is 0.0279. The number of benzene rings is 8. The van der Waals surface area contributed by atoms with E-state index in [-0.39, 0.29) is 60.0 Å². The van der Waals surface area contributed by atoms with Crippen molar-refractivity contribution in [1.29, 1.82) is 0 Å². The molecule has 0 heterocycles. The fraction of sp³-hybridized carbons (Fsp3) is 0.162. The van der Waals surface area contributed by atoms with Crippen LogP contribution in [0, 0.1) is 0 Å². The van der Waals surface area contributed by atoms with Crippen LogP contribution in [0.15, 0.2) is 273 Å². The number of rotatable bonds is 22. The number of allylic oxidation sites excluding steroid dienone is 10. The minimum Gasteiger partial charge on any atom is -0.744 e. The van der Waals surface area contributed by atoms with Crippen molar-refractivity contribution in [1.82, 2.24) is 0 Å². The number of hydrogen-bond donors (Lipinski definition) is 4. The van der Waals surface area contributed by atoms with Crippen LogP contribution in [0.3, 0.4) is 0 Å². The van der Waals surface area contributed by atoms with E-state index in [0.29, 0.717) is 86.8 Å². The van der Waals surface area contributed by atoms with Gasteiger partial charge in [0.15, 0.2) is 24.5 Å². The molecular weight excluding hydrogens is 1340 g/mol. The Bertz CT molecular complexity index is 4560. The number of phenols is 2. The fourth-order valence-electron chi connectivity index (χ4n) is 11.4. The maximum absolute atomic E-state index is 12.6. The van der Waals surface area contributed by atoms with Crippen molar-refractivity contribution in [2.45, 2.75) is 73.5 Å². The van der Waals surface area contributed by atoms with Crippen molar-refractivity contribution < 1.29 is 71.2 Å². The van der Waals surface area contributed by atoms with E-state index in [1.54, 1.807) is 48.6 Å². The first-order valence-electron chi connectivity index (χ1n) is 30.7. The monoisotopic (exact) mass is 1410 g/mol. The first kappa shape index (κ1) is 74.4. The summed E-state index contributed by atoms with van der Waals surface area (Å²) >= 11 is 0. The largest absolute Gasteiger partial charge is 0.744 e. The molecule has 0 aromatic heterocycles. The van der Waals surface area contributed by atoms with Crippen LogP contribution in [0.25, 0.3) is 11.1 Å². The van der Waals surface area contributed by atoms with Gasteiger partial charge in [-0.25, -0.2) is 26.0 Å². The number of hydrogen-bond acceptors (Lipinski definition) is 14. The van der Waals surface area contributed by atoms with E-state index in [4.69, 9.17) is 0 Å². The van der Waals surface area contributed by atoms with Crippen LogP contribution < -0.4 is 9.80 Å². The van der Waals surface area contributed by atoms with Crippen LogP contribution in [-0.4, -0.2) is 147 Å². The SMILES string of the molecule is CCN(Cc1ccccc1)c1ccc(C(=C2C=CC(=[N+](CC)Cc3ccccc3)C=C2)c2cc(O)c(S(=O)(=O)O)cc2S(=O)(=O)[O-])cc1.CCN(Cc1ccccc1)c1ccc(C(=C2C=CC(=[N+](CC)Cc3ccccc3)C=C2)c2cc(O)c(S(=O)(=O)O)cc2S(=O)(=O)[O-])cc1.[Ca]. The molecule has 97 heavy (non-hydrogen) atoms. The van der Waals surface area contributed by atoms with Gasteiger partial charge in [0.25, 0.3) is 20.2 Å². The Morgan fingerprint density at radius 2 is 0.680 bits per heavy atom. The van der Waals surface area contributed by atoms with Gasteiger partial charge >= 0.3 is 0 Å². The first-order chi connectivity index (χ1) is 45.8. The van der Waals surface area contributed by atoms with Gasteiger partial charge in [-0.1, -0.05) is 146 Å². The minimum absolute atomic E-state index is 0. The molecule has 0 saturated heterocycles. The molecule has 2 radical (unpaired) electrons. The zero-order chi connectivity index (χ0) is 69.0. The molecule has 0 aliphatic heterocycles. The number of aromatic hydroxyl groups is 2. The summed E-state index contributed by atoms with van der Waals surface area (Å²) in [7, 11) is -20.7. The molecule has 2 aliphatic rings. The zero-order valence-corrected chi connectivity index (χ0v) is 59.2. The maximum atomic E-state index is 12.6. The normalized spacial score (nSPS) is 12.9. The van der Waals surface area contributed by atoms with Crippen molar-refractivity contribution in [3.05, 3.63) is 298 Å². The molecule has 0 saturated carbocycles. The summed E-state index contributed by atoms with van der Waals surface area (Å²) in [6.07, 6.45) is 14.7. The Morgan fingerprint density at radius 3 is 0.938 bits per heavy atom. The van der Waals surface area contributed by atoms with E-state index in [1.165, 1.54) is 0 Å². The van der Waals surface area contributed by atoms with Gasteiger partial charge in [-0.05, 0) is 145 Å². The van der Waals surface area contributed by atoms with E-state index in [2.05, 4.69) is 19.0 Å². The summed E-state index contributed by atoms with van der Waals surface area (Å²) in [6, 6.07) is 57.4. The molecule has 4 N–H and O–H groups in total. The van der Waals surface area contributed by atoms with E-state index in [0.717, 1.165) is 57.2 Å². The first-order valence-corrected chi connectivity index (χ1v) is 36.4. The second-order valence-corrected chi connectivity index (χ2v) is 27.9. The molecule has 10 rings (SSSR count). The third-order valence-corrected chi connectivity index (χ3v) is 19.8. The maximum Gasteiger partial charge on any atom is 0.298 e. The van der Waals surface area contributed by atoms with Crippen molar-refractivity contribution in [2.75, 3.05) is 36.0 Å². The van der Waals surface area contributed by atoms with Gasteiger partial charge in [0.05, 0.1) is 9.79 Å². The Kier molecular flexibility index (Phi) is 25.2. The van der Waals surface area contributed by atoms with Crippen molar-refractivity contribution in [2.24, 2.45) is 0 Å². The third-order valence-electron chi connectivity index (χ3n) is 16.2. The smallest absolute Gasteiger partial charge is 0.298 e. The average Bonchev–Trinajstić information content (AvgIpc) is 0.766. The Morgan fingerprint density at radius 1 is 0.392 bits per heavy atom. The number of phenolic OH excluding ortho intramolecular Hbond substituents is 2.